The average Bonchev–Trinajstić information content (AvgIpc) is 3.29. The number of hydrogen-bond donors (Lipinski definition) is 2. The summed E-state index contributed by atoms with van der Waals surface area (Å²) in [5, 5.41) is 2.79. The first-order chi connectivity index (χ1) is 30.5. The summed E-state index contributed by atoms with van der Waals surface area (Å²) < 4.78 is 29.7. The number of rotatable bonds is 21. The fourth-order valence-electron chi connectivity index (χ4n) is 6.62. The maximum Gasteiger partial charge on any atom is 0.408 e. The van der Waals surface area contributed by atoms with Crippen molar-refractivity contribution < 1.29 is 38.1 Å². The summed E-state index contributed by atoms with van der Waals surface area (Å²) in [4.78, 5) is 40.3. The first-order valence-corrected chi connectivity index (χ1v) is 24.9. The topological polar surface area (TPSA) is 135 Å². The highest BCUT2D eigenvalue weighted by atomic mass is 35.5. The molecule has 0 aliphatic carbocycles. The summed E-state index contributed by atoms with van der Waals surface area (Å²) in [5.41, 5.74) is 13.1. The lowest BCUT2D eigenvalue weighted by Crippen LogP contribution is -2.44. The van der Waals surface area contributed by atoms with E-state index in [0.717, 1.165) is 39.4 Å². The lowest BCUT2D eigenvalue weighted by molar-refractivity contribution is -0.147. The third-order valence-corrected chi connectivity index (χ3v) is 11.9. The van der Waals surface area contributed by atoms with Crippen molar-refractivity contribution in [2.75, 3.05) is 6.61 Å². The maximum absolute atomic E-state index is 13.8. The Hall–Kier alpha value is -6.40. The van der Waals surface area contributed by atoms with Crippen LogP contribution >= 0.6 is 12.4 Å². The van der Waals surface area contributed by atoms with Crippen LogP contribution in [0.1, 0.15) is 33.4 Å². The van der Waals surface area contributed by atoms with E-state index in [2.05, 4.69) is 25.0 Å². The smallest absolute Gasteiger partial charge is 0.408 e. The molecule has 2 atom stereocenters. The molecule has 0 radical (unpaired) electrons. The van der Waals surface area contributed by atoms with Crippen LogP contribution in [0.15, 0.2) is 158 Å². The third kappa shape index (κ3) is 15.7. The zero-order valence-electron chi connectivity index (χ0n) is 36.6. The minimum Gasteiger partial charge on any atom is -0.489 e. The van der Waals surface area contributed by atoms with Gasteiger partial charge in [-0.05, 0) is 74.8 Å². The van der Waals surface area contributed by atoms with Gasteiger partial charge in [0.25, 0.3) is 0 Å². The van der Waals surface area contributed by atoms with Crippen molar-refractivity contribution in [2.45, 2.75) is 77.0 Å². The molecule has 2 unspecified atom stereocenters. The standard InChI is InChI=1S/C52H56N2O8Si.ClH/c1-63(2,3)29-28-58-51(56)47(54-52(57)62-37-41-22-14-7-15-23-41)33-45-31-43(25-27-49(45)60-35-39-18-10-5-11-19-39)42-24-26-48(59-34-38-16-8-4-9-17-38)44(30-42)32-46(53)50(55)61-36-40-20-12-6-13-21-40;/h4-27,30-31,46-47H,28-29,32-37,53H2,1-3H3,(H,54,57);1H. The van der Waals surface area contributed by atoms with E-state index >= 15 is 0 Å². The van der Waals surface area contributed by atoms with Crippen molar-refractivity contribution >= 4 is 38.5 Å². The van der Waals surface area contributed by atoms with Crippen LogP contribution < -0.4 is 20.5 Å². The quantitative estimate of drug-likeness (QED) is 0.0411. The van der Waals surface area contributed by atoms with Crippen molar-refractivity contribution in [2.24, 2.45) is 5.73 Å². The molecule has 334 valence electrons. The number of carbonyl (C=O) groups is 3. The van der Waals surface area contributed by atoms with Crippen LogP contribution in [0.2, 0.25) is 25.7 Å². The number of nitrogens with one attached hydrogen (secondary N) is 1. The number of hydrogen-bond acceptors (Lipinski definition) is 9. The van der Waals surface area contributed by atoms with Crippen molar-refractivity contribution in [1.29, 1.82) is 0 Å². The molecule has 0 spiro atoms. The number of halogens is 1. The Bertz CT molecular complexity index is 2380. The number of esters is 2. The van der Waals surface area contributed by atoms with Gasteiger partial charge < -0.3 is 34.7 Å². The summed E-state index contributed by atoms with van der Waals surface area (Å²) in [6, 6.07) is 48.6. The Balaban J connectivity index is 0.00000771. The van der Waals surface area contributed by atoms with E-state index in [9.17, 15) is 14.4 Å². The van der Waals surface area contributed by atoms with Gasteiger partial charge in [0.2, 0.25) is 0 Å². The highest BCUT2D eigenvalue weighted by Gasteiger charge is 2.27. The van der Waals surface area contributed by atoms with Crippen molar-refractivity contribution in [1.82, 2.24) is 5.32 Å². The number of ether oxygens (including phenoxy) is 5. The van der Waals surface area contributed by atoms with Gasteiger partial charge in [0.15, 0.2) is 0 Å². The number of alkyl carbamates (subject to hydrolysis) is 1. The average molecular weight is 902 g/mol. The van der Waals surface area contributed by atoms with Crippen LogP contribution in [0.3, 0.4) is 0 Å². The fraction of sp³-hybridized carbons (Fsp3) is 0.250. The molecule has 0 fully saturated rings. The highest BCUT2D eigenvalue weighted by Crippen LogP contribution is 2.33. The number of benzene rings is 6. The predicted molar refractivity (Wildman–Crippen MR) is 255 cm³/mol. The first kappa shape index (κ1) is 48.6. The maximum atomic E-state index is 13.8. The Labute approximate surface area is 383 Å². The van der Waals surface area contributed by atoms with E-state index in [0.29, 0.717) is 29.2 Å². The number of nitrogens with two attached hydrogens (primary N) is 1. The van der Waals surface area contributed by atoms with Crippen molar-refractivity contribution in [3.8, 4) is 22.6 Å². The van der Waals surface area contributed by atoms with E-state index in [1.54, 1.807) is 0 Å². The molecule has 0 bridgehead atoms. The molecule has 0 saturated carbocycles. The van der Waals surface area contributed by atoms with Gasteiger partial charge in [0, 0.05) is 20.9 Å². The molecule has 3 N–H and O–H groups in total. The van der Waals surface area contributed by atoms with Gasteiger partial charge in [-0.3, -0.25) is 4.79 Å². The largest absolute Gasteiger partial charge is 0.489 e. The van der Waals surface area contributed by atoms with Crippen LogP contribution in [0.25, 0.3) is 11.1 Å². The molecular weight excluding hydrogens is 844 g/mol. The Kier molecular flexibility index (Phi) is 18.6. The summed E-state index contributed by atoms with van der Waals surface area (Å²) >= 11 is 0. The highest BCUT2D eigenvalue weighted by molar-refractivity contribution is 6.76. The van der Waals surface area contributed by atoms with Crippen LogP contribution in [0, 0.1) is 0 Å². The molecule has 6 rings (SSSR count). The molecule has 0 aromatic heterocycles. The van der Waals surface area contributed by atoms with E-state index in [-0.39, 0.29) is 51.7 Å². The van der Waals surface area contributed by atoms with Crippen LogP contribution in [-0.4, -0.2) is 44.8 Å². The Morgan fingerprint density at radius 1 is 0.531 bits per heavy atom. The van der Waals surface area contributed by atoms with Gasteiger partial charge in [0.05, 0.1) is 6.61 Å². The van der Waals surface area contributed by atoms with Crippen LogP contribution in [-0.2, 0) is 63.1 Å². The van der Waals surface area contributed by atoms with Gasteiger partial charge >= 0.3 is 18.0 Å². The lowest BCUT2D eigenvalue weighted by Gasteiger charge is -2.22. The normalized spacial score (nSPS) is 11.9. The van der Waals surface area contributed by atoms with Gasteiger partial charge in [-0.2, -0.15) is 0 Å². The monoisotopic (exact) mass is 900 g/mol. The molecule has 10 nitrogen and oxygen atoms in total. The summed E-state index contributed by atoms with van der Waals surface area (Å²) in [5.74, 6) is 0.0159. The van der Waals surface area contributed by atoms with Crippen molar-refractivity contribution in [3.05, 3.63) is 191 Å². The summed E-state index contributed by atoms with van der Waals surface area (Å²) in [7, 11) is -1.53. The molecular formula is C52H57ClN2O8Si. The van der Waals surface area contributed by atoms with Gasteiger partial charge in [-0.1, -0.05) is 153 Å². The van der Waals surface area contributed by atoms with Gasteiger partial charge in [0.1, 0.15) is 50.0 Å². The van der Waals surface area contributed by atoms with Crippen LogP contribution in [0.4, 0.5) is 4.79 Å². The zero-order valence-corrected chi connectivity index (χ0v) is 38.4. The fourth-order valence-corrected chi connectivity index (χ4v) is 7.34. The Morgan fingerprint density at radius 3 is 1.41 bits per heavy atom. The SMILES string of the molecule is C[Si](C)(C)CCOC(=O)C(Cc1cc(-c2ccc(OCc3ccccc3)c(CC(N)C(=O)OCc3ccccc3)c2)ccc1OCc1ccccc1)NC(=O)OCc1ccccc1.Cl. The van der Waals surface area contributed by atoms with E-state index in [1.807, 2.05) is 158 Å². The Morgan fingerprint density at radius 2 is 0.953 bits per heavy atom. The zero-order chi connectivity index (χ0) is 44.4. The first-order valence-electron chi connectivity index (χ1n) is 21.2. The minimum atomic E-state index is -1.53. The van der Waals surface area contributed by atoms with Crippen LogP contribution in [0.5, 0.6) is 11.5 Å². The molecule has 0 heterocycles. The summed E-state index contributed by atoms with van der Waals surface area (Å²) in [6.45, 7) is 7.60. The molecule has 6 aromatic rings. The molecule has 6 aromatic carbocycles. The number of carbonyl (C=O) groups excluding carboxylic acids is 3. The van der Waals surface area contributed by atoms with Gasteiger partial charge in [-0.25, -0.2) is 9.59 Å². The molecule has 0 saturated heterocycles. The summed E-state index contributed by atoms with van der Waals surface area (Å²) in [6.07, 6.45) is -0.548. The second-order valence-electron chi connectivity index (χ2n) is 16.5. The molecule has 64 heavy (non-hydrogen) atoms. The lowest BCUT2D eigenvalue weighted by atomic mass is 9.95. The van der Waals surface area contributed by atoms with Gasteiger partial charge in [-0.15, -0.1) is 12.4 Å². The second-order valence-corrected chi connectivity index (χ2v) is 22.2. The molecule has 0 aliphatic heterocycles. The minimum absolute atomic E-state index is 0. The van der Waals surface area contributed by atoms with E-state index in [4.69, 9.17) is 29.4 Å². The van der Waals surface area contributed by atoms with Crippen molar-refractivity contribution in [3.63, 3.8) is 0 Å². The molecule has 0 aliphatic rings. The number of amides is 1. The molecule has 12 heteroatoms. The van der Waals surface area contributed by atoms with E-state index in [1.165, 1.54) is 0 Å². The predicted octanol–water partition coefficient (Wildman–Crippen LogP) is 10.3. The third-order valence-electron chi connectivity index (χ3n) is 10.2. The molecule has 1 amide bonds. The second kappa shape index (κ2) is 24.4. The van der Waals surface area contributed by atoms with E-state index < -0.39 is 38.2 Å².